The predicted molar refractivity (Wildman–Crippen MR) is 135 cm³/mol. The van der Waals surface area contributed by atoms with E-state index in [1.165, 1.54) is 30.5 Å². The van der Waals surface area contributed by atoms with E-state index in [2.05, 4.69) is 10.6 Å². The van der Waals surface area contributed by atoms with Crippen LogP contribution in [-0.4, -0.2) is 17.7 Å². The number of benzene rings is 3. The van der Waals surface area contributed by atoms with E-state index in [0.29, 0.717) is 22.0 Å². The molecule has 5 rings (SSSR count). The predicted octanol–water partition coefficient (Wildman–Crippen LogP) is 5.66. The maximum absolute atomic E-state index is 13.4. The lowest BCUT2D eigenvalue weighted by molar-refractivity contribution is -0.120. The number of hydrogen-bond donors (Lipinski definition) is 2. The van der Waals surface area contributed by atoms with Gasteiger partial charge in [0, 0.05) is 16.3 Å². The molecule has 2 heterocycles. The number of hydrogen-bond acceptors (Lipinski definition) is 6. The summed E-state index contributed by atoms with van der Waals surface area (Å²) in [5.41, 5.74) is 1.46. The summed E-state index contributed by atoms with van der Waals surface area (Å²) in [7, 11) is 0. The standard InChI is InChI=1S/C27H18FN3O4S/c28-17-11-13-18(14-12-17)29-23-24(27(34)31(26(23)33)20-7-2-1-3-8-20)36-21-9-4-6-19(16-21)30-25(32)22-10-5-15-35-22/h1-16,29H,(H,30,32). The minimum Gasteiger partial charge on any atom is -0.459 e. The Morgan fingerprint density at radius 3 is 2.33 bits per heavy atom. The molecular weight excluding hydrogens is 481 g/mol. The van der Waals surface area contributed by atoms with Gasteiger partial charge in [-0.2, -0.15) is 0 Å². The molecule has 1 aliphatic heterocycles. The van der Waals surface area contributed by atoms with Crippen LogP contribution in [0.25, 0.3) is 0 Å². The third-order valence-electron chi connectivity index (χ3n) is 5.23. The molecule has 0 spiro atoms. The van der Waals surface area contributed by atoms with Crippen molar-refractivity contribution < 1.29 is 23.2 Å². The molecule has 0 radical (unpaired) electrons. The van der Waals surface area contributed by atoms with Gasteiger partial charge >= 0.3 is 0 Å². The van der Waals surface area contributed by atoms with E-state index >= 15 is 0 Å². The van der Waals surface area contributed by atoms with Crippen LogP contribution in [0.5, 0.6) is 0 Å². The van der Waals surface area contributed by atoms with Crippen molar-refractivity contribution >= 4 is 46.5 Å². The summed E-state index contributed by atoms with van der Waals surface area (Å²) in [4.78, 5) is 41.0. The molecule has 0 fully saturated rings. The fourth-order valence-corrected chi connectivity index (χ4v) is 4.55. The van der Waals surface area contributed by atoms with Crippen molar-refractivity contribution in [1.29, 1.82) is 0 Å². The number of furan rings is 1. The molecule has 3 amide bonds. The molecule has 1 aliphatic rings. The van der Waals surface area contributed by atoms with Crippen LogP contribution in [-0.2, 0) is 9.59 Å². The molecule has 0 unspecified atom stereocenters. The van der Waals surface area contributed by atoms with Gasteiger partial charge in [-0.25, -0.2) is 9.29 Å². The summed E-state index contributed by atoms with van der Waals surface area (Å²) in [6.07, 6.45) is 1.41. The Balaban J connectivity index is 1.46. The number of rotatable bonds is 7. The van der Waals surface area contributed by atoms with Gasteiger partial charge < -0.3 is 15.1 Å². The average Bonchev–Trinajstić information content (AvgIpc) is 3.50. The number of imide groups is 1. The first kappa shape index (κ1) is 23.1. The van der Waals surface area contributed by atoms with E-state index in [1.54, 1.807) is 66.7 Å². The Bertz CT molecular complexity index is 1470. The van der Waals surface area contributed by atoms with Gasteiger partial charge in [0.05, 0.1) is 12.0 Å². The second-order valence-electron chi connectivity index (χ2n) is 7.68. The summed E-state index contributed by atoms with van der Waals surface area (Å²) >= 11 is 1.09. The average molecular weight is 500 g/mol. The Hall–Kier alpha value is -4.63. The van der Waals surface area contributed by atoms with Gasteiger partial charge in [-0.1, -0.05) is 36.0 Å². The third kappa shape index (κ3) is 4.77. The summed E-state index contributed by atoms with van der Waals surface area (Å²) in [6, 6.07) is 24.1. The number of anilines is 3. The van der Waals surface area contributed by atoms with Crippen LogP contribution in [0.15, 0.2) is 117 Å². The highest BCUT2D eigenvalue weighted by Crippen LogP contribution is 2.38. The van der Waals surface area contributed by atoms with Crippen molar-refractivity contribution in [2.75, 3.05) is 15.5 Å². The number of amides is 3. The van der Waals surface area contributed by atoms with Crippen LogP contribution in [0, 0.1) is 5.82 Å². The lowest BCUT2D eigenvalue weighted by atomic mass is 10.3. The highest BCUT2D eigenvalue weighted by Gasteiger charge is 2.40. The van der Waals surface area contributed by atoms with Crippen LogP contribution < -0.4 is 15.5 Å². The summed E-state index contributed by atoms with van der Waals surface area (Å²) in [5.74, 6) is -1.69. The monoisotopic (exact) mass is 499 g/mol. The van der Waals surface area contributed by atoms with E-state index in [9.17, 15) is 18.8 Å². The van der Waals surface area contributed by atoms with Crippen LogP contribution in [0.1, 0.15) is 10.6 Å². The minimum absolute atomic E-state index is 0.0745. The van der Waals surface area contributed by atoms with Crippen molar-refractivity contribution in [1.82, 2.24) is 0 Å². The summed E-state index contributed by atoms with van der Waals surface area (Å²) in [5, 5.41) is 5.73. The Labute approximate surface area is 209 Å². The zero-order valence-corrected chi connectivity index (χ0v) is 19.4. The first-order chi connectivity index (χ1) is 17.5. The molecule has 0 saturated heterocycles. The molecule has 4 aromatic rings. The molecule has 36 heavy (non-hydrogen) atoms. The zero-order chi connectivity index (χ0) is 25.1. The molecule has 0 bridgehead atoms. The molecule has 7 nitrogen and oxygen atoms in total. The highest BCUT2D eigenvalue weighted by atomic mass is 32.2. The van der Waals surface area contributed by atoms with Crippen LogP contribution in [0.3, 0.4) is 0 Å². The number of carbonyl (C=O) groups excluding carboxylic acids is 3. The number of para-hydroxylation sites is 1. The second-order valence-corrected chi connectivity index (χ2v) is 8.76. The molecule has 1 aromatic heterocycles. The van der Waals surface area contributed by atoms with Gasteiger partial charge in [0.25, 0.3) is 17.7 Å². The SMILES string of the molecule is O=C(Nc1cccc(SC2=C(Nc3ccc(F)cc3)C(=O)N(c3ccccc3)C2=O)c1)c1ccco1. The molecule has 0 aliphatic carbocycles. The lowest BCUT2D eigenvalue weighted by Crippen LogP contribution is -2.32. The first-order valence-corrected chi connectivity index (χ1v) is 11.6. The smallest absolute Gasteiger partial charge is 0.291 e. The largest absolute Gasteiger partial charge is 0.459 e. The maximum Gasteiger partial charge on any atom is 0.291 e. The quantitative estimate of drug-likeness (QED) is 0.319. The number of thioether (sulfide) groups is 1. The summed E-state index contributed by atoms with van der Waals surface area (Å²) in [6.45, 7) is 0. The molecule has 3 aromatic carbocycles. The number of halogens is 1. The molecule has 0 atom stereocenters. The van der Waals surface area contributed by atoms with Gasteiger partial charge in [0.2, 0.25) is 0 Å². The molecular formula is C27H18FN3O4S. The fraction of sp³-hybridized carbons (Fsp3) is 0. The Morgan fingerprint density at radius 2 is 1.61 bits per heavy atom. The molecule has 178 valence electrons. The minimum atomic E-state index is -0.527. The fourth-order valence-electron chi connectivity index (χ4n) is 3.56. The Morgan fingerprint density at radius 1 is 0.833 bits per heavy atom. The van der Waals surface area contributed by atoms with Gasteiger partial charge in [0.15, 0.2) is 5.76 Å². The topological polar surface area (TPSA) is 91.7 Å². The van der Waals surface area contributed by atoms with Gasteiger partial charge in [-0.3, -0.25) is 14.4 Å². The van der Waals surface area contributed by atoms with Crippen LogP contribution >= 0.6 is 11.8 Å². The van der Waals surface area contributed by atoms with Crippen LogP contribution in [0.2, 0.25) is 0 Å². The molecule has 0 saturated carbocycles. The third-order valence-corrected chi connectivity index (χ3v) is 6.30. The summed E-state index contributed by atoms with van der Waals surface area (Å²) < 4.78 is 18.5. The molecule has 9 heteroatoms. The normalized spacial score (nSPS) is 13.3. The molecule has 2 N–H and O–H groups in total. The van der Waals surface area contributed by atoms with Gasteiger partial charge in [0.1, 0.15) is 16.4 Å². The van der Waals surface area contributed by atoms with Crippen molar-refractivity contribution in [3.63, 3.8) is 0 Å². The van der Waals surface area contributed by atoms with E-state index in [0.717, 1.165) is 16.7 Å². The van der Waals surface area contributed by atoms with Gasteiger partial charge in [-0.05, 0) is 66.7 Å². The van der Waals surface area contributed by atoms with Crippen LogP contribution in [0.4, 0.5) is 21.5 Å². The highest BCUT2D eigenvalue weighted by molar-refractivity contribution is 8.04. The van der Waals surface area contributed by atoms with E-state index in [-0.39, 0.29) is 16.4 Å². The lowest BCUT2D eigenvalue weighted by Gasteiger charge is -2.15. The second kappa shape index (κ2) is 9.93. The maximum atomic E-state index is 13.4. The van der Waals surface area contributed by atoms with Crippen molar-refractivity contribution in [2.45, 2.75) is 4.90 Å². The van der Waals surface area contributed by atoms with Crippen molar-refractivity contribution in [2.24, 2.45) is 0 Å². The van der Waals surface area contributed by atoms with Crippen molar-refractivity contribution in [3.05, 3.63) is 119 Å². The number of nitrogens with zero attached hydrogens (tertiary/aromatic N) is 1. The zero-order valence-electron chi connectivity index (χ0n) is 18.6. The van der Waals surface area contributed by atoms with E-state index in [4.69, 9.17) is 4.42 Å². The van der Waals surface area contributed by atoms with E-state index < -0.39 is 23.5 Å². The Kier molecular flexibility index (Phi) is 6.38. The first-order valence-electron chi connectivity index (χ1n) is 10.8. The number of nitrogens with one attached hydrogen (secondary N) is 2. The van der Waals surface area contributed by atoms with E-state index in [1.807, 2.05) is 0 Å². The van der Waals surface area contributed by atoms with Gasteiger partial charge in [-0.15, -0.1) is 0 Å². The number of carbonyl (C=O) groups is 3. The van der Waals surface area contributed by atoms with Crippen molar-refractivity contribution in [3.8, 4) is 0 Å².